The molecule has 0 spiro atoms. The van der Waals surface area contributed by atoms with E-state index in [-0.39, 0.29) is 50.2 Å². The molecule has 0 bridgehead atoms. The number of hydrogen-bond donors (Lipinski definition) is 0. The zero-order valence-electron chi connectivity index (χ0n) is 18.9. The van der Waals surface area contributed by atoms with Gasteiger partial charge >= 0.3 is 0 Å². The maximum Gasteiger partial charge on any atom is 0.227 e. The van der Waals surface area contributed by atoms with E-state index in [9.17, 15) is 14.0 Å². The first-order valence-electron chi connectivity index (χ1n) is 11.3. The molecule has 0 saturated carbocycles. The van der Waals surface area contributed by atoms with E-state index in [1.54, 1.807) is 15.9 Å². The third-order valence-corrected chi connectivity index (χ3v) is 6.42. The van der Waals surface area contributed by atoms with Gasteiger partial charge in [0.25, 0.3) is 0 Å². The van der Waals surface area contributed by atoms with Crippen molar-refractivity contribution in [3.05, 3.63) is 64.9 Å². The predicted molar refractivity (Wildman–Crippen MR) is 124 cm³/mol. The van der Waals surface area contributed by atoms with Crippen LogP contribution in [0.5, 0.6) is 5.75 Å². The summed E-state index contributed by atoms with van der Waals surface area (Å²) in [4.78, 5) is 29.7. The minimum absolute atomic E-state index is 0.0462. The molecule has 2 aromatic rings. The molecular formula is C25H28ClFN2O5. The maximum atomic E-state index is 13.3. The third kappa shape index (κ3) is 6.25. The van der Waals surface area contributed by atoms with Crippen LogP contribution in [0.4, 0.5) is 4.39 Å². The molecule has 2 aliphatic rings. The summed E-state index contributed by atoms with van der Waals surface area (Å²) in [5.74, 6) is -0.0784. The van der Waals surface area contributed by atoms with Gasteiger partial charge in [-0.1, -0.05) is 29.8 Å². The standard InChI is InChI=1S/C25H28ClFN2O5/c26-22-4-2-1-3-19(22)15-23(30)29-11-14-34-25(17-29,16-24(31)28-9-12-32-13-10-28)18-33-21-7-5-20(27)6-8-21/h1-8H,9-18H2. The highest BCUT2D eigenvalue weighted by molar-refractivity contribution is 6.31. The Labute approximate surface area is 203 Å². The zero-order valence-corrected chi connectivity index (χ0v) is 19.6. The monoisotopic (exact) mass is 490 g/mol. The van der Waals surface area contributed by atoms with Crippen molar-refractivity contribution < 1.29 is 28.2 Å². The summed E-state index contributed by atoms with van der Waals surface area (Å²) in [6.07, 6.45) is 0.218. The quantitative estimate of drug-likeness (QED) is 0.597. The summed E-state index contributed by atoms with van der Waals surface area (Å²) in [5.41, 5.74) is -0.281. The van der Waals surface area contributed by atoms with Gasteiger partial charge in [-0.25, -0.2) is 4.39 Å². The van der Waals surface area contributed by atoms with E-state index in [0.29, 0.717) is 43.6 Å². The first kappa shape index (κ1) is 24.4. The van der Waals surface area contributed by atoms with Crippen molar-refractivity contribution in [2.24, 2.45) is 0 Å². The fourth-order valence-corrected chi connectivity index (χ4v) is 4.37. The van der Waals surface area contributed by atoms with Gasteiger partial charge in [-0.05, 0) is 35.9 Å². The Morgan fingerprint density at radius 3 is 2.41 bits per heavy atom. The molecule has 1 unspecified atom stereocenters. The molecule has 34 heavy (non-hydrogen) atoms. The van der Waals surface area contributed by atoms with Crippen LogP contribution in [0.15, 0.2) is 48.5 Å². The van der Waals surface area contributed by atoms with Gasteiger partial charge in [0.2, 0.25) is 11.8 Å². The van der Waals surface area contributed by atoms with Gasteiger partial charge in [-0.3, -0.25) is 9.59 Å². The van der Waals surface area contributed by atoms with Crippen LogP contribution >= 0.6 is 11.6 Å². The van der Waals surface area contributed by atoms with E-state index < -0.39 is 5.60 Å². The van der Waals surface area contributed by atoms with Crippen molar-refractivity contribution in [3.8, 4) is 5.75 Å². The lowest BCUT2D eigenvalue weighted by Gasteiger charge is -2.43. The number of amides is 2. The molecule has 4 rings (SSSR count). The SMILES string of the molecule is O=C(CC1(COc2ccc(F)cc2)CN(C(=O)Cc2ccccc2Cl)CCO1)N1CCOCC1. The number of carbonyl (C=O) groups excluding carboxylic acids is 2. The summed E-state index contributed by atoms with van der Waals surface area (Å²) >= 11 is 6.24. The lowest BCUT2D eigenvalue weighted by Crippen LogP contribution is -2.59. The van der Waals surface area contributed by atoms with Crippen LogP contribution in [-0.2, 0) is 25.5 Å². The van der Waals surface area contributed by atoms with Gasteiger partial charge in [-0.2, -0.15) is 0 Å². The smallest absolute Gasteiger partial charge is 0.227 e. The van der Waals surface area contributed by atoms with Crippen molar-refractivity contribution in [1.29, 1.82) is 0 Å². The summed E-state index contributed by atoms with van der Waals surface area (Å²) < 4.78 is 30.7. The molecular weight excluding hydrogens is 463 g/mol. The Hall–Kier alpha value is -2.68. The molecule has 0 aliphatic carbocycles. The second kappa shape index (κ2) is 11.2. The molecule has 7 nitrogen and oxygen atoms in total. The highest BCUT2D eigenvalue weighted by Gasteiger charge is 2.42. The van der Waals surface area contributed by atoms with E-state index in [4.69, 9.17) is 25.8 Å². The minimum atomic E-state index is -1.03. The average molecular weight is 491 g/mol. The number of nitrogens with zero attached hydrogens (tertiary/aromatic N) is 2. The molecule has 2 fully saturated rings. The molecule has 2 aliphatic heterocycles. The molecule has 2 saturated heterocycles. The molecule has 1 atom stereocenters. The van der Waals surface area contributed by atoms with Gasteiger partial charge in [0, 0.05) is 24.7 Å². The molecule has 182 valence electrons. The van der Waals surface area contributed by atoms with Crippen molar-refractivity contribution in [2.75, 3.05) is 52.6 Å². The van der Waals surface area contributed by atoms with Crippen LogP contribution in [0, 0.1) is 5.82 Å². The molecule has 2 amide bonds. The van der Waals surface area contributed by atoms with Crippen LogP contribution in [0.1, 0.15) is 12.0 Å². The fourth-order valence-electron chi connectivity index (χ4n) is 4.17. The lowest BCUT2D eigenvalue weighted by molar-refractivity contribution is -0.167. The van der Waals surface area contributed by atoms with Gasteiger partial charge in [-0.15, -0.1) is 0 Å². The Morgan fingerprint density at radius 2 is 1.68 bits per heavy atom. The molecule has 2 aromatic carbocycles. The highest BCUT2D eigenvalue weighted by atomic mass is 35.5. The van der Waals surface area contributed by atoms with Gasteiger partial charge in [0.15, 0.2) is 0 Å². The minimum Gasteiger partial charge on any atom is -0.490 e. The van der Waals surface area contributed by atoms with E-state index in [0.717, 1.165) is 5.56 Å². The van der Waals surface area contributed by atoms with E-state index in [2.05, 4.69) is 0 Å². The maximum absolute atomic E-state index is 13.3. The van der Waals surface area contributed by atoms with Crippen molar-refractivity contribution in [3.63, 3.8) is 0 Å². The van der Waals surface area contributed by atoms with Gasteiger partial charge < -0.3 is 24.0 Å². The summed E-state index contributed by atoms with van der Waals surface area (Å²) in [5, 5.41) is 0.539. The van der Waals surface area contributed by atoms with Crippen LogP contribution in [0.3, 0.4) is 0 Å². The normalized spacial score (nSPS) is 20.8. The predicted octanol–water partition coefficient (Wildman–Crippen LogP) is 2.95. The number of morpholine rings is 2. The summed E-state index contributed by atoms with van der Waals surface area (Å²) in [7, 11) is 0. The fraction of sp³-hybridized carbons (Fsp3) is 0.440. The van der Waals surface area contributed by atoms with Crippen LogP contribution in [-0.4, -0.2) is 79.8 Å². The van der Waals surface area contributed by atoms with Crippen LogP contribution in [0.25, 0.3) is 0 Å². The van der Waals surface area contributed by atoms with Gasteiger partial charge in [0.1, 0.15) is 23.8 Å². The largest absolute Gasteiger partial charge is 0.490 e. The van der Waals surface area contributed by atoms with E-state index >= 15 is 0 Å². The first-order valence-corrected chi connectivity index (χ1v) is 11.7. The molecule has 9 heteroatoms. The molecule has 0 radical (unpaired) electrons. The van der Waals surface area contributed by atoms with Crippen LogP contribution in [0.2, 0.25) is 5.02 Å². The molecule has 2 heterocycles. The summed E-state index contributed by atoms with van der Waals surface area (Å²) in [6, 6.07) is 12.9. The number of carbonyl (C=O) groups is 2. The Balaban J connectivity index is 1.49. The van der Waals surface area contributed by atoms with Crippen molar-refractivity contribution in [1.82, 2.24) is 9.80 Å². The second-order valence-corrected chi connectivity index (χ2v) is 8.93. The zero-order chi connectivity index (χ0) is 24.0. The number of hydrogen-bond acceptors (Lipinski definition) is 5. The van der Waals surface area contributed by atoms with Gasteiger partial charge in [0.05, 0.1) is 39.2 Å². The first-order chi connectivity index (χ1) is 16.4. The summed E-state index contributed by atoms with van der Waals surface area (Å²) in [6.45, 7) is 2.96. The van der Waals surface area contributed by atoms with Crippen LogP contribution < -0.4 is 4.74 Å². The second-order valence-electron chi connectivity index (χ2n) is 8.53. The lowest BCUT2D eigenvalue weighted by atomic mass is 9.96. The van der Waals surface area contributed by atoms with E-state index in [1.807, 2.05) is 18.2 Å². The third-order valence-electron chi connectivity index (χ3n) is 6.05. The molecule has 0 N–H and O–H groups in total. The topological polar surface area (TPSA) is 68.3 Å². The number of ether oxygens (including phenoxy) is 3. The number of rotatable bonds is 7. The van der Waals surface area contributed by atoms with E-state index in [1.165, 1.54) is 24.3 Å². The molecule has 0 aromatic heterocycles. The van der Waals surface area contributed by atoms with Crippen molar-refractivity contribution >= 4 is 23.4 Å². The Morgan fingerprint density at radius 1 is 0.971 bits per heavy atom. The Bertz CT molecular complexity index is 999. The number of halogens is 2. The van der Waals surface area contributed by atoms with Crippen molar-refractivity contribution in [2.45, 2.75) is 18.4 Å². The highest BCUT2D eigenvalue weighted by Crippen LogP contribution is 2.27. The number of benzene rings is 2. The average Bonchev–Trinajstić information content (AvgIpc) is 2.86. The Kier molecular flexibility index (Phi) is 8.03.